The third kappa shape index (κ3) is 3.79. The van der Waals surface area contributed by atoms with E-state index in [4.69, 9.17) is 0 Å². The van der Waals surface area contributed by atoms with E-state index in [-0.39, 0.29) is 13.0 Å². The number of amides is 4. The fraction of sp³-hybridized carbons (Fsp3) is 0.357. The highest BCUT2D eigenvalue weighted by Gasteiger charge is 2.32. The molecule has 0 saturated carbocycles. The summed E-state index contributed by atoms with van der Waals surface area (Å²) in [7, 11) is 0. The number of carbonyl (C=O) groups excluding carboxylic acids is 3. The van der Waals surface area contributed by atoms with Crippen LogP contribution in [0.3, 0.4) is 0 Å². The zero-order valence-electron chi connectivity index (χ0n) is 11.6. The Bertz CT molecular complexity index is 557. The third-order valence-corrected chi connectivity index (χ3v) is 3.27. The van der Waals surface area contributed by atoms with Crippen LogP contribution in [0.2, 0.25) is 0 Å². The SMILES string of the molecule is CC(O)(CNC(=O)CC1NC(=O)NC1=O)c1ccccc1. The quantitative estimate of drug-likeness (QED) is 0.554. The fourth-order valence-corrected chi connectivity index (χ4v) is 2.03. The summed E-state index contributed by atoms with van der Waals surface area (Å²) in [5.41, 5.74) is -0.532. The molecule has 1 saturated heterocycles. The van der Waals surface area contributed by atoms with Gasteiger partial charge in [0, 0.05) is 0 Å². The van der Waals surface area contributed by atoms with Crippen molar-refractivity contribution in [3.8, 4) is 0 Å². The maximum atomic E-state index is 11.8. The average Bonchev–Trinajstić information content (AvgIpc) is 2.76. The van der Waals surface area contributed by atoms with Crippen LogP contribution in [0, 0.1) is 0 Å². The van der Waals surface area contributed by atoms with Crippen molar-refractivity contribution in [2.45, 2.75) is 25.0 Å². The maximum Gasteiger partial charge on any atom is 0.322 e. The van der Waals surface area contributed by atoms with Crippen LogP contribution in [0.25, 0.3) is 0 Å². The van der Waals surface area contributed by atoms with Crippen LogP contribution in [0.4, 0.5) is 4.79 Å². The van der Waals surface area contributed by atoms with Crippen molar-refractivity contribution in [3.63, 3.8) is 0 Å². The topological polar surface area (TPSA) is 108 Å². The highest BCUT2D eigenvalue weighted by molar-refractivity contribution is 6.05. The number of hydrogen-bond donors (Lipinski definition) is 4. The molecule has 2 atom stereocenters. The Morgan fingerprint density at radius 2 is 2.00 bits per heavy atom. The van der Waals surface area contributed by atoms with Crippen LogP contribution in [-0.2, 0) is 15.2 Å². The van der Waals surface area contributed by atoms with E-state index in [0.29, 0.717) is 5.56 Å². The van der Waals surface area contributed by atoms with Gasteiger partial charge in [0.15, 0.2) is 0 Å². The van der Waals surface area contributed by atoms with Crippen LogP contribution >= 0.6 is 0 Å². The molecule has 1 aliphatic rings. The summed E-state index contributed by atoms with van der Waals surface area (Å²) in [5, 5.41) is 17.3. The standard InChI is InChI=1S/C14H17N3O4/c1-14(21,9-5-3-2-4-6-9)8-15-11(18)7-10-12(19)17-13(20)16-10/h2-6,10,21H,7-8H2,1H3,(H,15,18)(H2,16,17,19,20). The Morgan fingerprint density at radius 1 is 1.33 bits per heavy atom. The molecule has 1 aromatic rings. The third-order valence-electron chi connectivity index (χ3n) is 3.27. The highest BCUT2D eigenvalue weighted by atomic mass is 16.3. The average molecular weight is 291 g/mol. The van der Waals surface area contributed by atoms with E-state index in [2.05, 4.69) is 16.0 Å². The summed E-state index contributed by atoms with van der Waals surface area (Å²) in [5.74, 6) is -0.946. The molecule has 112 valence electrons. The maximum absolute atomic E-state index is 11.8. The van der Waals surface area contributed by atoms with Gasteiger partial charge in [-0.05, 0) is 12.5 Å². The van der Waals surface area contributed by atoms with Crippen LogP contribution in [0.1, 0.15) is 18.9 Å². The molecule has 0 bridgehead atoms. The van der Waals surface area contributed by atoms with Crippen LogP contribution in [-0.4, -0.2) is 35.5 Å². The van der Waals surface area contributed by atoms with E-state index in [1.807, 2.05) is 6.07 Å². The molecule has 0 aromatic heterocycles. The van der Waals surface area contributed by atoms with E-state index in [9.17, 15) is 19.5 Å². The molecule has 4 N–H and O–H groups in total. The van der Waals surface area contributed by atoms with Gasteiger partial charge in [0.1, 0.15) is 11.6 Å². The largest absolute Gasteiger partial charge is 0.384 e. The van der Waals surface area contributed by atoms with Gasteiger partial charge < -0.3 is 15.7 Å². The molecular formula is C14H17N3O4. The van der Waals surface area contributed by atoms with Crippen molar-refractivity contribution in [1.29, 1.82) is 0 Å². The Hall–Kier alpha value is -2.41. The number of urea groups is 1. The summed E-state index contributed by atoms with van der Waals surface area (Å²) < 4.78 is 0. The van der Waals surface area contributed by atoms with Gasteiger partial charge in [-0.25, -0.2) is 4.79 Å². The van der Waals surface area contributed by atoms with Crippen molar-refractivity contribution in [3.05, 3.63) is 35.9 Å². The Labute approximate surface area is 121 Å². The van der Waals surface area contributed by atoms with Gasteiger partial charge in [0.2, 0.25) is 5.91 Å². The van der Waals surface area contributed by atoms with E-state index >= 15 is 0 Å². The lowest BCUT2D eigenvalue weighted by Crippen LogP contribution is -2.42. The second kappa shape index (κ2) is 5.92. The molecule has 0 aliphatic carbocycles. The zero-order chi connectivity index (χ0) is 15.5. The minimum Gasteiger partial charge on any atom is -0.384 e. The van der Waals surface area contributed by atoms with Crippen molar-refractivity contribution in [2.24, 2.45) is 0 Å². The van der Waals surface area contributed by atoms with Crippen molar-refractivity contribution < 1.29 is 19.5 Å². The number of aliphatic hydroxyl groups is 1. The number of carbonyl (C=O) groups is 3. The first-order valence-electron chi connectivity index (χ1n) is 6.54. The molecule has 4 amide bonds. The fourth-order valence-electron chi connectivity index (χ4n) is 2.03. The van der Waals surface area contributed by atoms with Gasteiger partial charge in [0.25, 0.3) is 5.91 Å². The van der Waals surface area contributed by atoms with Gasteiger partial charge in [-0.3, -0.25) is 14.9 Å². The minimum atomic E-state index is -1.21. The lowest BCUT2D eigenvalue weighted by atomic mass is 9.96. The molecule has 7 nitrogen and oxygen atoms in total. The van der Waals surface area contributed by atoms with Gasteiger partial charge in [-0.1, -0.05) is 30.3 Å². The summed E-state index contributed by atoms with van der Waals surface area (Å²) in [6.07, 6.45) is -0.164. The monoisotopic (exact) mass is 291 g/mol. The molecule has 0 radical (unpaired) electrons. The van der Waals surface area contributed by atoms with Crippen LogP contribution < -0.4 is 16.0 Å². The second-order valence-electron chi connectivity index (χ2n) is 5.14. The van der Waals surface area contributed by atoms with E-state index in [1.54, 1.807) is 31.2 Å². The molecular weight excluding hydrogens is 274 g/mol. The molecule has 1 aliphatic heterocycles. The minimum absolute atomic E-state index is 0.0120. The predicted molar refractivity (Wildman–Crippen MR) is 74.1 cm³/mol. The van der Waals surface area contributed by atoms with E-state index in [0.717, 1.165) is 0 Å². The number of rotatable bonds is 5. The molecule has 1 heterocycles. The summed E-state index contributed by atoms with van der Waals surface area (Å²) in [4.78, 5) is 34.0. The highest BCUT2D eigenvalue weighted by Crippen LogP contribution is 2.18. The summed E-state index contributed by atoms with van der Waals surface area (Å²) in [6.45, 7) is 1.60. The summed E-state index contributed by atoms with van der Waals surface area (Å²) >= 11 is 0. The van der Waals surface area contributed by atoms with Gasteiger partial charge in [-0.2, -0.15) is 0 Å². The predicted octanol–water partition coefficient (Wildman–Crippen LogP) is -0.392. The number of hydrogen-bond acceptors (Lipinski definition) is 4. The normalized spacial score (nSPS) is 20.4. The molecule has 1 aromatic carbocycles. The Balaban J connectivity index is 1.86. The van der Waals surface area contributed by atoms with Crippen molar-refractivity contribution >= 4 is 17.8 Å². The first kappa shape index (κ1) is 15.0. The van der Waals surface area contributed by atoms with Gasteiger partial charge in [-0.15, -0.1) is 0 Å². The Morgan fingerprint density at radius 3 is 2.57 bits per heavy atom. The Kier molecular flexibility index (Phi) is 4.23. The lowest BCUT2D eigenvalue weighted by molar-refractivity contribution is -0.127. The van der Waals surface area contributed by atoms with Crippen LogP contribution in [0.15, 0.2) is 30.3 Å². The van der Waals surface area contributed by atoms with E-state index in [1.165, 1.54) is 0 Å². The number of benzene rings is 1. The van der Waals surface area contributed by atoms with E-state index < -0.39 is 29.5 Å². The molecule has 1 fully saturated rings. The van der Waals surface area contributed by atoms with Crippen molar-refractivity contribution in [1.82, 2.24) is 16.0 Å². The van der Waals surface area contributed by atoms with Gasteiger partial charge >= 0.3 is 6.03 Å². The van der Waals surface area contributed by atoms with Gasteiger partial charge in [0.05, 0.1) is 13.0 Å². The number of nitrogens with one attached hydrogen (secondary N) is 3. The first-order chi connectivity index (χ1) is 9.88. The lowest BCUT2D eigenvalue weighted by Gasteiger charge is -2.24. The van der Waals surface area contributed by atoms with Crippen LogP contribution in [0.5, 0.6) is 0 Å². The summed E-state index contributed by atoms with van der Waals surface area (Å²) in [6, 6.07) is 7.48. The molecule has 2 unspecified atom stereocenters. The zero-order valence-corrected chi connectivity index (χ0v) is 11.6. The van der Waals surface area contributed by atoms with Crippen molar-refractivity contribution in [2.75, 3.05) is 6.54 Å². The molecule has 7 heteroatoms. The molecule has 21 heavy (non-hydrogen) atoms. The number of imide groups is 1. The molecule has 2 rings (SSSR count). The second-order valence-corrected chi connectivity index (χ2v) is 5.14. The molecule has 0 spiro atoms. The first-order valence-corrected chi connectivity index (χ1v) is 6.54. The smallest absolute Gasteiger partial charge is 0.322 e.